The minimum atomic E-state index is -6.32. The second-order valence-corrected chi connectivity index (χ2v) is 12.7. The first kappa shape index (κ1) is 43.0. The Morgan fingerprint density at radius 3 is 2.40 bits per heavy atom. The van der Waals surface area contributed by atoms with Gasteiger partial charge in [0.2, 0.25) is 5.95 Å². The number of fused-ring (bicyclic) bond motifs is 1. The number of phosphoric ester groups is 1. The molecular formula is C18H20N6Na3O15P3. The molecule has 1 fully saturated rings. The van der Waals surface area contributed by atoms with Gasteiger partial charge >= 0.3 is 102 Å². The summed E-state index contributed by atoms with van der Waals surface area (Å²) in [6, 6.07) is 5.41. The number of para-hydroxylation sites is 1. The number of hydrogen-bond donors (Lipinski definition) is 5. The molecule has 0 radical (unpaired) electrons. The molecule has 0 amide bonds. The maximum atomic E-state index is 13.3. The van der Waals surface area contributed by atoms with Crippen LogP contribution in [0.2, 0.25) is 0 Å². The first-order valence-electron chi connectivity index (χ1n) is 11.3. The summed E-state index contributed by atoms with van der Waals surface area (Å²) >= 11 is 0. The van der Waals surface area contributed by atoms with Crippen molar-refractivity contribution in [2.75, 3.05) is 24.7 Å². The summed E-state index contributed by atoms with van der Waals surface area (Å²) in [4.78, 5) is 68.3. The molecule has 3 heterocycles. The number of H-pyrrole nitrogens is 1. The summed E-state index contributed by atoms with van der Waals surface area (Å²) in [5, 5.41) is 23.7. The smallest absolute Gasteiger partial charge is 0.790 e. The van der Waals surface area contributed by atoms with Gasteiger partial charge in [-0.3, -0.25) is 27.7 Å². The molecular weight excluding hydrogens is 702 g/mol. The Kier molecular flexibility index (Phi) is 16.3. The second kappa shape index (κ2) is 17.1. The molecule has 6 atom stereocenters. The average molecular weight is 722 g/mol. The van der Waals surface area contributed by atoms with Gasteiger partial charge in [-0.25, -0.2) is 18.7 Å². The van der Waals surface area contributed by atoms with E-state index >= 15 is 0 Å². The van der Waals surface area contributed by atoms with Crippen LogP contribution >= 0.6 is 23.5 Å². The summed E-state index contributed by atoms with van der Waals surface area (Å²) in [7, 11) is -16.9. The number of anilines is 2. The van der Waals surface area contributed by atoms with Crippen LogP contribution in [-0.2, 0) is 36.1 Å². The fourth-order valence-corrected chi connectivity index (χ4v) is 7.10. The molecule has 45 heavy (non-hydrogen) atoms. The number of phosphoric acid groups is 3. The van der Waals surface area contributed by atoms with E-state index in [0.29, 0.717) is 0 Å². The molecule has 1 aliphatic heterocycles. The Bertz CT molecular complexity index is 1710. The van der Waals surface area contributed by atoms with Crippen LogP contribution in [0.4, 0.5) is 11.6 Å². The first-order valence-corrected chi connectivity index (χ1v) is 15.7. The van der Waals surface area contributed by atoms with E-state index in [1.165, 1.54) is 31.3 Å². The second-order valence-electron chi connectivity index (χ2n) is 8.30. The number of rotatable bonds is 11. The van der Waals surface area contributed by atoms with E-state index in [0.717, 1.165) is 10.9 Å². The third kappa shape index (κ3) is 10.7. The SMILES string of the molecule is CNc1ccccc1C(=O)OP(=O)(OC[C@H]1O[C@@H](n2cnc3c(=O)[nH]c(N)nc32)[C@H](O)[C@@H]1O)OP(=O)([O-])OP(=O)([O-])[O-].[Na+].[Na+].[Na+]. The molecule has 4 rings (SSSR count). The Labute approximate surface area is 318 Å². The van der Waals surface area contributed by atoms with Crippen molar-refractivity contribution >= 4 is 52.2 Å². The molecule has 0 saturated carbocycles. The number of nitrogens with one attached hydrogen (secondary N) is 2. The molecule has 2 unspecified atom stereocenters. The number of aromatic amines is 1. The van der Waals surface area contributed by atoms with Crippen molar-refractivity contribution in [2.45, 2.75) is 24.5 Å². The molecule has 3 aromatic rings. The number of nitrogen functional groups attached to an aromatic ring is 1. The van der Waals surface area contributed by atoms with Gasteiger partial charge in [-0.1, -0.05) is 12.1 Å². The maximum absolute atomic E-state index is 13.3. The largest absolute Gasteiger partial charge is 1.00 e. The number of imidazole rings is 1. The standard InChI is InChI=1S/C18H23N6O15P3.3Na/c1-20-9-5-3-2-4-8(9)17(28)37-42(34,39-41(32,33)38-40(29,30)31)35-6-10-12(25)13(26)16(36-10)24-7-21-11-14(24)22-18(19)23-15(11)27;;;/h2-5,7,10,12-13,16,20,25-26H,6H2,1H3,(H,32,33)(H2,29,30,31)(H3,19,22,23,27);;;/q;3*+1/p-3/t10-,12-,13-,16-,42?;;;/m1.../s1. The van der Waals surface area contributed by atoms with Crippen LogP contribution in [0.15, 0.2) is 35.4 Å². The van der Waals surface area contributed by atoms with Gasteiger partial charge in [-0.15, -0.1) is 0 Å². The normalized spacial score (nSPS) is 22.2. The molecule has 2 aromatic heterocycles. The molecule has 0 aliphatic carbocycles. The van der Waals surface area contributed by atoms with Crippen molar-refractivity contribution in [1.82, 2.24) is 19.5 Å². The number of ether oxygens (including phenoxy) is 1. The number of hydrogen-bond acceptors (Lipinski definition) is 19. The number of aliphatic hydroxyl groups excluding tert-OH is 2. The number of aliphatic hydroxyl groups is 2. The molecule has 1 aliphatic rings. The van der Waals surface area contributed by atoms with Crippen LogP contribution < -0.4 is 120 Å². The van der Waals surface area contributed by atoms with E-state index in [-0.39, 0.29) is 117 Å². The minimum Gasteiger partial charge on any atom is -0.790 e. The van der Waals surface area contributed by atoms with Gasteiger partial charge in [0.1, 0.15) is 18.3 Å². The summed E-state index contributed by atoms with van der Waals surface area (Å²) in [6.07, 6.45) is -5.80. The van der Waals surface area contributed by atoms with Gasteiger partial charge in [-0.2, -0.15) is 4.98 Å². The Balaban J connectivity index is 0.00000337. The monoisotopic (exact) mass is 722 g/mol. The number of nitrogens with zero attached hydrogens (tertiary/aromatic N) is 3. The average Bonchev–Trinajstić information content (AvgIpc) is 3.41. The van der Waals surface area contributed by atoms with Crippen LogP contribution in [0.3, 0.4) is 0 Å². The first-order chi connectivity index (χ1) is 19.5. The van der Waals surface area contributed by atoms with Crippen molar-refractivity contribution in [2.24, 2.45) is 0 Å². The van der Waals surface area contributed by atoms with E-state index in [2.05, 4.69) is 33.4 Å². The number of benzene rings is 1. The fourth-order valence-electron chi connectivity index (χ4n) is 3.75. The van der Waals surface area contributed by atoms with Crippen molar-refractivity contribution in [3.05, 3.63) is 46.5 Å². The van der Waals surface area contributed by atoms with Crippen LogP contribution in [0.1, 0.15) is 16.6 Å². The van der Waals surface area contributed by atoms with E-state index in [1.807, 2.05) is 0 Å². The van der Waals surface area contributed by atoms with Gasteiger partial charge in [0.05, 0.1) is 26.3 Å². The van der Waals surface area contributed by atoms with Crippen LogP contribution in [0.5, 0.6) is 0 Å². The molecule has 1 aromatic carbocycles. The molecule has 0 bridgehead atoms. The quantitative estimate of drug-likeness (QED) is 0.0906. The summed E-state index contributed by atoms with van der Waals surface area (Å²) < 4.78 is 59.4. The van der Waals surface area contributed by atoms with E-state index in [4.69, 9.17) is 15.0 Å². The predicted molar refractivity (Wildman–Crippen MR) is 131 cm³/mol. The summed E-state index contributed by atoms with van der Waals surface area (Å²) in [5.74, 6) is -1.81. The zero-order valence-electron chi connectivity index (χ0n) is 23.9. The molecule has 1 saturated heterocycles. The van der Waals surface area contributed by atoms with Gasteiger partial charge in [-0.05, 0) is 12.1 Å². The van der Waals surface area contributed by atoms with Crippen molar-refractivity contribution in [3.63, 3.8) is 0 Å². The molecule has 0 spiro atoms. The van der Waals surface area contributed by atoms with Gasteiger partial charge in [0, 0.05) is 12.7 Å². The number of aromatic nitrogens is 4. The summed E-state index contributed by atoms with van der Waals surface area (Å²) in [5.41, 5.74) is 4.24. The van der Waals surface area contributed by atoms with E-state index < -0.39 is 66.1 Å². The Morgan fingerprint density at radius 1 is 1.13 bits per heavy atom. The molecule has 230 valence electrons. The minimum absolute atomic E-state index is 0. The molecule has 6 N–H and O–H groups in total. The third-order valence-corrected chi connectivity index (χ3v) is 9.52. The zero-order valence-corrected chi connectivity index (χ0v) is 32.5. The van der Waals surface area contributed by atoms with Gasteiger partial charge < -0.3 is 49.8 Å². The van der Waals surface area contributed by atoms with E-state index in [9.17, 15) is 48.2 Å². The predicted octanol–water partition coefficient (Wildman–Crippen LogP) is -11.3. The van der Waals surface area contributed by atoms with Gasteiger partial charge in [0.15, 0.2) is 17.4 Å². The Morgan fingerprint density at radius 2 is 1.78 bits per heavy atom. The van der Waals surface area contributed by atoms with Crippen LogP contribution in [0.25, 0.3) is 11.2 Å². The van der Waals surface area contributed by atoms with E-state index in [1.54, 1.807) is 0 Å². The number of carbonyl (C=O) groups is 1. The van der Waals surface area contributed by atoms with Crippen molar-refractivity contribution < 1.29 is 154 Å². The third-order valence-electron chi connectivity index (χ3n) is 5.47. The Hall–Kier alpha value is -0.0300. The zero-order chi connectivity index (χ0) is 31.0. The topological polar surface area (TPSA) is 326 Å². The van der Waals surface area contributed by atoms with Crippen molar-refractivity contribution in [1.29, 1.82) is 0 Å². The maximum Gasteiger partial charge on any atom is 1.00 e. The molecule has 21 nitrogen and oxygen atoms in total. The number of nitrogens with two attached hydrogens (primary N) is 1. The van der Waals surface area contributed by atoms with Crippen LogP contribution in [-0.4, -0.2) is 67.7 Å². The number of carbonyl (C=O) groups excluding carboxylic acids is 1. The van der Waals surface area contributed by atoms with Gasteiger partial charge in [0.25, 0.3) is 13.4 Å². The van der Waals surface area contributed by atoms with Crippen LogP contribution in [0, 0.1) is 0 Å². The fraction of sp³-hybridized carbons (Fsp3) is 0.333. The van der Waals surface area contributed by atoms with Crippen molar-refractivity contribution in [3.8, 4) is 0 Å². The molecule has 27 heteroatoms. The summed E-state index contributed by atoms with van der Waals surface area (Å²) in [6.45, 7) is -1.14.